The number of carboxylic acid groups (broad SMARTS) is 1. The normalized spacial score (nSPS) is 18.5. The zero-order chi connectivity index (χ0) is 18.9. The second kappa shape index (κ2) is 7.36. The first-order valence-electron chi connectivity index (χ1n) is 8.85. The summed E-state index contributed by atoms with van der Waals surface area (Å²) in [5.74, 6) is -1.36. The Balaban J connectivity index is 1.78. The molecule has 1 fully saturated rings. The third-order valence-electron chi connectivity index (χ3n) is 5.25. The van der Waals surface area contributed by atoms with Crippen molar-refractivity contribution < 1.29 is 23.1 Å². The van der Waals surface area contributed by atoms with E-state index in [1.165, 1.54) is 14.8 Å². The van der Waals surface area contributed by atoms with E-state index in [1.54, 1.807) is 6.07 Å². The lowest BCUT2D eigenvalue weighted by atomic mass is 10.0. The molecule has 142 valence electrons. The minimum absolute atomic E-state index is 0.273. The highest BCUT2D eigenvalue weighted by molar-refractivity contribution is 7.88. The Labute approximate surface area is 153 Å². The summed E-state index contributed by atoms with van der Waals surface area (Å²) in [6.07, 6.45) is 5.09. The van der Waals surface area contributed by atoms with Crippen LogP contribution in [0.15, 0.2) is 18.2 Å². The van der Waals surface area contributed by atoms with Gasteiger partial charge in [0.2, 0.25) is 10.0 Å². The summed E-state index contributed by atoms with van der Waals surface area (Å²) in [5.41, 5.74) is 2.93. The first-order valence-corrected chi connectivity index (χ1v) is 10.7. The molecule has 1 saturated heterocycles. The van der Waals surface area contributed by atoms with E-state index in [9.17, 15) is 23.1 Å². The number of piperidine rings is 1. The molecule has 8 heteroatoms. The van der Waals surface area contributed by atoms with Crippen molar-refractivity contribution in [2.75, 3.05) is 25.9 Å². The third-order valence-corrected chi connectivity index (χ3v) is 6.55. The lowest BCUT2D eigenvalue weighted by Gasteiger charge is -2.37. The average Bonchev–Trinajstić information content (AvgIpc) is 3.06. The van der Waals surface area contributed by atoms with E-state index in [-0.39, 0.29) is 18.5 Å². The summed E-state index contributed by atoms with van der Waals surface area (Å²) in [7, 11) is -3.26. The number of carbonyl (C=O) groups is 2. The molecule has 7 nitrogen and oxygen atoms in total. The van der Waals surface area contributed by atoms with E-state index in [0.717, 1.165) is 31.1 Å². The van der Waals surface area contributed by atoms with Crippen molar-refractivity contribution in [2.45, 2.75) is 38.1 Å². The zero-order valence-electron chi connectivity index (χ0n) is 14.8. The lowest BCUT2D eigenvalue weighted by Crippen LogP contribution is -2.50. The SMILES string of the molecule is CS(=O)(=O)N1CCC(N(CC(=O)O)C(=O)c2ccc3c(c2)CCC3)CC1. The van der Waals surface area contributed by atoms with Crippen LogP contribution in [-0.2, 0) is 27.7 Å². The fourth-order valence-electron chi connectivity index (χ4n) is 3.87. The third kappa shape index (κ3) is 4.07. The molecule has 2 aliphatic rings. The number of rotatable bonds is 5. The Hall–Kier alpha value is -1.93. The number of aliphatic carboxylic acids is 1. The Morgan fingerprint density at radius 1 is 1.19 bits per heavy atom. The van der Waals surface area contributed by atoms with E-state index in [2.05, 4.69) is 0 Å². The standard InChI is InChI=1S/C18H24N2O5S/c1-26(24,25)19-9-7-16(8-10-19)20(12-17(21)22)18(23)15-6-5-13-3-2-4-14(13)11-15/h5-6,11,16H,2-4,7-10,12H2,1H3,(H,21,22). The summed E-state index contributed by atoms with van der Waals surface area (Å²) in [4.78, 5) is 25.7. The Morgan fingerprint density at radius 2 is 1.85 bits per heavy atom. The minimum atomic E-state index is -3.26. The van der Waals surface area contributed by atoms with E-state index in [1.807, 2.05) is 12.1 Å². The zero-order valence-corrected chi connectivity index (χ0v) is 15.7. The van der Waals surface area contributed by atoms with Gasteiger partial charge in [0.15, 0.2) is 0 Å². The van der Waals surface area contributed by atoms with Crippen LogP contribution in [0.1, 0.15) is 40.7 Å². The summed E-state index contributed by atoms with van der Waals surface area (Å²) >= 11 is 0. The number of aryl methyl sites for hydroxylation is 2. The van der Waals surface area contributed by atoms with Crippen LogP contribution in [0, 0.1) is 0 Å². The molecule has 0 aromatic heterocycles. The van der Waals surface area contributed by atoms with Crippen LogP contribution >= 0.6 is 0 Å². The van der Waals surface area contributed by atoms with Crippen molar-refractivity contribution in [1.82, 2.24) is 9.21 Å². The fraction of sp³-hybridized carbons (Fsp3) is 0.556. The van der Waals surface area contributed by atoms with Gasteiger partial charge >= 0.3 is 5.97 Å². The fourth-order valence-corrected chi connectivity index (χ4v) is 4.74. The van der Waals surface area contributed by atoms with Gasteiger partial charge in [-0.15, -0.1) is 0 Å². The molecule has 1 aliphatic carbocycles. The van der Waals surface area contributed by atoms with Crippen molar-refractivity contribution in [3.8, 4) is 0 Å². The monoisotopic (exact) mass is 380 g/mol. The molecule has 1 heterocycles. The van der Waals surface area contributed by atoms with E-state index >= 15 is 0 Å². The van der Waals surface area contributed by atoms with Crippen LogP contribution < -0.4 is 0 Å². The van der Waals surface area contributed by atoms with Crippen molar-refractivity contribution >= 4 is 21.9 Å². The second-order valence-electron chi connectivity index (χ2n) is 7.06. The van der Waals surface area contributed by atoms with Crippen molar-refractivity contribution in [1.29, 1.82) is 0 Å². The molecule has 0 atom stereocenters. The Bertz CT molecular complexity index is 813. The number of carboxylic acids is 1. The molecule has 1 amide bonds. The number of amides is 1. The van der Waals surface area contributed by atoms with E-state index < -0.39 is 16.0 Å². The molecule has 0 bridgehead atoms. The maximum atomic E-state index is 13.0. The molecule has 3 rings (SSSR count). The molecule has 0 radical (unpaired) electrons. The Morgan fingerprint density at radius 3 is 2.46 bits per heavy atom. The van der Waals surface area contributed by atoms with E-state index in [0.29, 0.717) is 31.5 Å². The van der Waals surface area contributed by atoms with E-state index in [4.69, 9.17) is 0 Å². The first-order chi connectivity index (χ1) is 12.3. The van der Waals surface area contributed by atoms with Gasteiger partial charge in [0.1, 0.15) is 6.54 Å². The Kier molecular flexibility index (Phi) is 5.34. The minimum Gasteiger partial charge on any atom is -0.480 e. The maximum absolute atomic E-state index is 13.0. The molecular weight excluding hydrogens is 356 g/mol. The maximum Gasteiger partial charge on any atom is 0.323 e. The van der Waals surface area contributed by atoms with Gasteiger partial charge in [-0.25, -0.2) is 12.7 Å². The van der Waals surface area contributed by atoms with Gasteiger partial charge in [-0.3, -0.25) is 9.59 Å². The van der Waals surface area contributed by atoms with Gasteiger partial charge < -0.3 is 10.0 Å². The number of nitrogens with zero attached hydrogens (tertiary/aromatic N) is 2. The average molecular weight is 380 g/mol. The molecule has 1 aromatic rings. The number of carbonyl (C=O) groups excluding carboxylic acids is 1. The smallest absolute Gasteiger partial charge is 0.323 e. The van der Waals surface area contributed by atoms with Gasteiger partial charge in [-0.1, -0.05) is 6.07 Å². The van der Waals surface area contributed by atoms with Crippen LogP contribution in [0.25, 0.3) is 0 Å². The summed E-state index contributed by atoms with van der Waals surface area (Å²) < 4.78 is 24.7. The predicted molar refractivity (Wildman–Crippen MR) is 96.6 cm³/mol. The van der Waals surface area contributed by atoms with Crippen molar-refractivity contribution in [3.05, 3.63) is 34.9 Å². The molecule has 26 heavy (non-hydrogen) atoms. The van der Waals surface area contributed by atoms with Gasteiger partial charge in [0.05, 0.1) is 6.26 Å². The highest BCUT2D eigenvalue weighted by Crippen LogP contribution is 2.25. The number of hydrogen-bond donors (Lipinski definition) is 1. The summed E-state index contributed by atoms with van der Waals surface area (Å²) in [6.45, 7) is 0.230. The molecule has 0 saturated carbocycles. The highest BCUT2D eigenvalue weighted by Gasteiger charge is 2.32. The van der Waals surface area contributed by atoms with Crippen LogP contribution in [0.4, 0.5) is 0 Å². The molecule has 1 N–H and O–H groups in total. The lowest BCUT2D eigenvalue weighted by molar-refractivity contribution is -0.138. The number of hydrogen-bond acceptors (Lipinski definition) is 4. The van der Waals surface area contributed by atoms with Crippen LogP contribution in [0.2, 0.25) is 0 Å². The predicted octanol–water partition coefficient (Wildman–Crippen LogP) is 1.13. The number of benzene rings is 1. The van der Waals surface area contributed by atoms with Gasteiger partial charge in [-0.2, -0.15) is 0 Å². The number of sulfonamides is 1. The van der Waals surface area contributed by atoms with Crippen LogP contribution in [-0.4, -0.2) is 66.5 Å². The molecule has 0 unspecified atom stereocenters. The van der Waals surface area contributed by atoms with Crippen molar-refractivity contribution in [2.24, 2.45) is 0 Å². The summed E-state index contributed by atoms with van der Waals surface area (Å²) in [6, 6.07) is 5.34. The topological polar surface area (TPSA) is 95.0 Å². The molecular formula is C18H24N2O5S. The first kappa shape index (κ1) is 18.8. The molecule has 0 spiro atoms. The second-order valence-corrected chi connectivity index (χ2v) is 9.04. The van der Waals surface area contributed by atoms with Gasteiger partial charge in [-0.05, 0) is 55.4 Å². The molecule has 1 aliphatic heterocycles. The summed E-state index contributed by atoms with van der Waals surface area (Å²) in [5, 5.41) is 9.25. The number of fused-ring (bicyclic) bond motifs is 1. The largest absolute Gasteiger partial charge is 0.480 e. The van der Waals surface area contributed by atoms with Crippen molar-refractivity contribution in [3.63, 3.8) is 0 Å². The quantitative estimate of drug-likeness (QED) is 0.826. The van der Waals surface area contributed by atoms with Gasteiger partial charge in [0, 0.05) is 24.7 Å². The van der Waals surface area contributed by atoms with Gasteiger partial charge in [0.25, 0.3) is 5.91 Å². The molecule has 1 aromatic carbocycles. The highest BCUT2D eigenvalue weighted by atomic mass is 32.2. The van der Waals surface area contributed by atoms with Crippen LogP contribution in [0.3, 0.4) is 0 Å². The van der Waals surface area contributed by atoms with Crippen LogP contribution in [0.5, 0.6) is 0 Å².